The molecule has 2 aromatic heterocycles. The van der Waals surface area contributed by atoms with Crippen LogP contribution in [0.1, 0.15) is 30.3 Å². The Hall–Kier alpha value is -1.99. The third-order valence-corrected chi connectivity index (χ3v) is 3.13. The number of hydrogen-bond acceptors (Lipinski definition) is 3. The fourth-order valence-corrected chi connectivity index (χ4v) is 1.91. The molecule has 0 saturated carbocycles. The SMILES string of the molecule is CCc1cc(COc2cncc(C#CCCCl)c2)n(C)n1. The zero-order valence-corrected chi connectivity index (χ0v) is 13.0. The molecule has 0 unspecified atom stereocenters. The second kappa shape index (κ2) is 7.70. The van der Waals surface area contributed by atoms with Crippen LogP contribution in [-0.4, -0.2) is 20.6 Å². The van der Waals surface area contributed by atoms with Crippen LogP contribution in [0.3, 0.4) is 0 Å². The molecule has 0 N–H and O–H groups in total. The third kappa shape index (κ3) is 4.51. The van der Waals surface area contributed by atoms with E-state index < -0.39 is 0 Å². The van der Waals surface area contributed by atoms with Gasteiger partial charge in [0.05, 0.1) is 17.6 Å². The molecule has 0 atom stereocenters. The zero-order chi connectivity index (χ0) is 15.1. The molecular weight excluding hydrogens is 286 g/mol. The van der Waals surface area contributed by atoms with Crippen LogP contribution in [0.2, 0.25) is 0 Å². The van der Waals surface area contributed by atoms with Crippen molar-refractivity contribution in [2.45, 2.75) is 26.4 Å². The maximum Gasteiger partial charge on any atom is 0.139 e. The Morgan fingerprint density at radius 2 is 2.19 bits per heavy atom. The number of aryl methyl sites for hydroxylation is 2. The van der Waals surface area contributed by atoms with Gasteiger partial charge in [0.15, 0.2) is 0 Å². The first-order chi connectivity index (χ1) is 10.2. The zero-order valence-electron chi connectivity index (χ0n) is 12.3. The van der Waals surface area contributed by atoms with Crippen LogP contribution in [0.5, 0.6) is 5.75 Å². The van der Waals surface area contributed by atoms with E-state index in [0.29, 0.717) is 24.7 Å². The molecule has 110 valence electrons. The Labute approximate surface area is 130 Å². The van der Waals surface area contributed by atoms with Gasteiger partial charge < -0.3 is 4.74 Å². The van der Waals surface area contributed by atoms with Crippen molar-refractivity contribution in [1.82, 2.24) is 14.8 Å². The molecule has 0 amide bonds. The fourth-order valence-electron chi connectivity index (χ4n) is 1.81. The van der Waals surface area contributed by atoms with Crippen molar-refractivity contribution >= 4 is 11.6 Å². The Balaban J connectivity index is 2.01. The number of nitrogens with zero attached hydrogens (tertiary/aromatic N) is 3. The summed E-state index contributed by atoms with van der Waals surface area (Å²) in [5.74, 6) is 7.23. The second-order valence-electron chi connectivity index (χ2n) is 4.54. The van der Waals surface area contributed by atoms with Crippen LogP contribution in [0, 0.1) is 11.8 Å². The molecule has 2 aromatic rings. The summed E-state index contributed by atoms with van der Waals surface area (Å²) in [5, 5.41) is 4.40. The summed E-state index contributed by atoms with van der Waals surface area (Å²) in [6.07, 6.45) is 4.99. The molecule has 2 heterocycles. The Morgan fingerprint density at radius 1 is 1.33 bits per heavy atom. The topological polar surface area (TPSA) is 39.9 Å². The quantitative estimate of drug-likeness (QED) is 0.630. The van der Waals surface area contributed by atoms with E-state index in [-0.39, 0.29) is 0 Å². The molecule has 0 fully saturated rings. The highest BCUT2D eigenvalue weighted by Gasteiger charge is 2.05. The predicted molar refractivity (Wildman–Crippen MR) is 83.4 cm³/mol. The minimum absolute atomic E-state index is 0.462. The Bertz CT molecular complexity index is 655. The van der Waals surface area contributed by atoms with Gasteiger partial charge in [-0.2, -0.15) is 5.10 Å². The van der Waals surface area contributed by atoms with E-state index in [4.69, 9.17) is 16.3 Å². The maximum atomic E-state index is 5.76. The van der Waals surface area contributed by atoms with Crippen LogP contribution in [0.15, 0.2) is 24.5 Å². The van der Waals surface area contributed by atoms with Gasteiger partial charge in [0.1, 0.15) is 12.4 Å². The van der Waals surface area contributed by atoms with Gasteiger partial charge in [0.2, 0.25) is 0 Å². The monoisotopic (exact) mass is 303 g/mol. The lowest BCUT2D eigenvalue weighted by Gasteiger charge is -2.06. The predicted octanol–water partition coefficient (Wildman–Crippen LogP) is 2.94. The highest BCUT2D eigenvalue weighted by molar-refractivity contribution is 6.18. The molecule has 0 bridgehead atoms. The lowest BCUT2D eigenvalue weighted by Crippen LogP contribution is -2.03. The number of halogens is 1. The minimum Gasteiger partial charge on any atom is -0.486 e. The molecule has 5 heteroatoms. The van der Waals surface area contributed by atoms with Crippen molar-refractivity contribution in [1.29, 1.82) is 0 Å². The number of rotatable bonds is 5. The summed E-state index contributed by atoms with van der Waals surface area (Å²) < 4.78 is 7.60. The maximum absolute atomic E-state index is 5.76. The molecule has 0 aliphatic heterocycles. The van der Waals surface area contributed by atoms with Crippen molar-refractivity contribution in [2.75, 3.05) is 5.88 Å². The van der Waals surface area contributed by atoms with E-state index in [1.165, 1.54) is 0 Å². The minimum atomic E-state index is 0.462. The molecule has 21 heavy (non-hydrogen) atoms. The van der Waals surface area contributed by atoms with Crippen LogP contribution in [0.25, 0.3) is 0 Å². The fraction of sp³-hybridized carbons (Fsp3) is 0.375. The molecule has 0 aliphatic carbocycles. The Kier molecular flexibility index (Phi) is 5.65. The van der Waals surface area contributed by atoms with Crippen LogP contribution in [-0.2, 0) is 20.1 Å². The summed E-state index contributed by atoms with van der Waals surface area (Å²) in [6.45, 7) is 2.55. The summed E-state index contributed by atoms with van der Waals surface area (Å²) in [5.41, 5.74) is 2.93. The lowest BCUT2D eigenvalue weighted by molar-refractivity contribution is 0.293. The standard InChI is InChI=1S/C16H18ClN3O/c1-3-14-9-15(20(2)19-14)12-21-16-8-13(10-18-11-16)6-4-5-7-17/h8-11H,3,5,7,12H2,1-2H3. The number of hydrogen-bond donors (Lipinski definition) is 0. The molecule has 2 rings (SSSR count). The first-order valence-electron chi connectivity index (χ1n) is 6.87. The molecule has 0 aromatic carbocycles. The highest BCUT2D eigenvalue weighted by atomic mass is 35.5. The van der Waals surface area contributed by atoms with E-state index in [2.05, 4.69) is 34.9 Å². The van der Waals surface area contributed by atoms with Gasteiger partial charge in [0.25, 0.3) is 0 Å². The van der Waals surface area contributed by atoms with E-state index in [9.17, 15) is 0 Å². The Morgan fingerprint density at radius 3 is 2.90 bits per heavy atom. The summed E-state index contributed by atoms with van der Waals surface area (Å²) in [6, 6.07) is 3.93. The number of aromatic nitrogens is 3. The largest absolute Gasteiger partial charge is 0.486 e. The molecular formula is C16H18ClN3O. The number of pyridine rings is 1. The van der Waals surface area contributed by atoms with Gasteiger partial charge in [-0.05, 0) is 18.6 Å². The van der Waals surface area contributed by atoms with Gasteiger partial charge in [-0.3, -0.25) is 9.67 Å². The first-order valence-corrected chi connectivity index (χ1v) is 7.41. The van der Waals surface area contributed by atoms with Crippen molar-refractivity contribution in [3.8, 4) is 17.6 Å². The summed E-state index contributed by atoms with van der Waals surface area (Å²) in [7, 11) is 1.92. The smallest absolute Gasteiger partial charge is 0.139 e. The van der Waals surface area contributed by atoms with Crippen LogP contribution in [0.4, 0.5) is 0 Å². The second-order valence-corrected chi connectivity index (χ2v) is 4.92. The third-order valence-electron chi connectivity index (χ3n) is 2.94. The van der Waals surface area contributed by atoms with Crippen LogP contribution >= 0.6 is 11.6 Å². The molecule has 4 nitrogen and oxygen atoms in total. The van der Waals surface area contributed by atoms with E-state index >= 15 is 0 Å². The summed E-state index contributed by atoms with van der Waals surface area (Å²) >= 11 is 5.59. The number of ether oxygens (including phenoxy) is 1. The van der Waals surface area contributed by atoms with Gasteiger partial charge in [0, 0.05) is 31.1 Å². The highest BCUT2D eigenvalue weighted by Crippen LogP contribution is 2.13. The van der Waals surface area contributed by atoms with Gasteiger partial charge >= 0.3 is 0 Å². The average Bonchev–Trinajstić information content (AvgIpc) is 2.86. The van der Waals surface area contributed by atoms with Gasteiger partial charge in [-0.1, -0.05) is 18.8 Å². The lowest BCUT2D eigenvalue weighted by atomic mass is 10.2. The molecule has 0 radical (unpaired) electrons. The first kappa shape index (κ1) is 15.4. The van der Waals surface area contributed by atoms with E-state index in [0.717, 1.165) is 23.4 Å². The molecule has 0 saturated heterocycles. The van der Waals surface area contributed by atoms with Crippen molar-refractivity contribution in [3.63, 3.8) is 0 Å². The van der Waals surface area contributed by atoms with Gasteiger partial charge in [-0.15, -0.1) is 11.6 Å². The van der Waals surface area contributed by atoms with Gasteiger partial charge in [-0.25, -0.2) is 0 Å². The normalized spacial score (nSPS) is 10.0. The van der Waals surface area contributed by atoms with E-state index in [1.807, 2.05) is 17.8 Å². The number of alkyl halides is 1. The van der Waals surface area contributed by atoms with Crippen molar-refractivity contribution < 1.29 is 4.74 Å². The summed E-state index contributed by atoms with van der Waals surface area (Å²) in [4.78, 5) is 4.14. The molecule has 0 aliphatic rings. The van der Waals surface area contributed by atoms with E-state index in [1.54, 1.807) is 12.4 Å². The van der Waals surface area contributed by atoms with Crippen molar-refractivity contribution in [3.05, 3.63) is 41.5 Å². The average molecular weight is 304 g/mol. The van der Waals surface area contributed by atoms with Crippen LogP contribution < -0.4 is 4.74 Å². The molecule has 0 spiro atoms. The van der Waals surface area contributed by atoms with Crippen molar-refractivity contribution in [2.24, 2.45) is 7.05 Å².